The van der Waals surface area contributed by atoms with E-state index in [0.717, 1.165) is 5.69 Å². The first kappa shape index (κ1) is 17.8. The van der Waals surface area contributed by atoms with E-state index >= 15 is 0 Å². The van der Waals surface area contributed by atoms with Crippen LogP contribution in [0.25, 0.3) is 11.3 Å². The second kappa shape index (κ2) is 7.47. The summed E-state index contributed by atoms with van der Waals surface area (Å²) in [7, 11) is 0. The number of carbonyl (C=O) groups is 1. The van der Waals surface area contributed by atoms with Gasteiger partial charge in [-0.1, -0.05) is 40.0 Å². The van der Waals surface area contributed by atoms with Crippen LogP contribution in [-0.4, -0.2) is 20.8 Å². The summed E-state index contributed by atoms with van der Waals surface area (Å²) in [5, 5.41) is 12.1. The molecule has 0 radical (unpaired) electrons. The number of nitrogens with one attached hydrogen (secondary N) is 1. The van der Waals surface area contributed by atoms with E-state index in [4.69, 9.17) is 39.3 Å². The van der Waals surface area contributed by atoms with Crippen molar-refractivity contribution in [3.8, 4) is 11.3 Å². The fourth-order valence-corrected chi connectivity index (χ4v) is 3.00. The number of benzene rings is 1. The topological polar surface area (TPSA) is 73.0 Å². The van der Waals surface area contributed by atoms with Gasteiger partial charge in [0, 0.05) is 23.2 Å². The van der Waals surface area contributed by atoms with Gasteiger partial charge in [-0.25, -0.2) is 0 Å². The van der Waals surface area contributed by atoms with Crippen LogP contribution in [0.2, 0.25) is 15.1 Å². The van der Waals surface area contributed by atoms with Crippen molar-refractivity contribution in [2.24, 2.45) is 0 Å². The van der Waals surface area contributed by atoms with Gasteiger partial charge in [-0.2, -0.15) is 5.10 Å². The summed E-state index contributed by atoms with van der Waals surface area (Å²) in [6, 6.07) is 6.49. The van der Waals surface area contributed by atoms with Crippen molar-refractivity contribution in [3.05, 3.63) is 56.9 Å². The molecule has 9 heteroatoms. The van der Waals surface area contributed by atoms with Gasteiger partial charge in [0.2, 0.25) is 0 Å². The van der Waals surface area contributed by atoms with E-state index in [1.54, 1.807) is 29.1 Å². The normalized spacial score (nSPS) is 10.9. The minimum atomic E-state index is -0.389. The average molecular weight is 400 g/mol. The van der Waals surface area contributed by atoms with Crippen LogP contribution in [0.1, 0.15) is 23.1 Å². The molecule has 0 aliphatic heterocycles. The van der Waals surface area contributed by atoms with Gasteiger partial charge >= 0.3 is 0 Å². The fourth-order valence-electron chi connectivity index (χ4n) is 2.29. The Kier molecular flexibility index (Phi) is 5.32. The van der Waals surface area contributed by atoms with Gasteiger partial charge in [-0.05, 0) is 25.1 Å². The highest BCUT2D eigenvalue weighted by Gasteiger charge is 2.17. The maximum atomic E-state index is 12.3. The van der Waals surface area contributed by atoms with Gasteiger partial charge in [0.25, 0.3) is 5.91 Å². The second-order valence-corrected chi connectivity index (χ2v) is 6.39. The summed E-state index contributed by atoms with van der Waals surface area (Å²) in [5.74, 6) is -0.0107. The predicted molar refractivity (Wildman–Crippen MR) is 96.0 cm³/mol. The lowest BCUT2D eigenvalue weighted by atomic mass is 10.1. The largest absolute Gasteiger partial charge is 0.355 e. The van der Waals surface area contributed by atoms with Gasteiger partial charge < -0.3 is 9.84 Å². The smallest absolute Gasteiger partial charge is 0.273 e. The Morgan fingerprint density at radius 1 is 1.24 bits per heavy atom. The van der Waals surface area contributed by atoms with E-state index in [0.29, 0.717) is 32.9 Å². The molecule has 0 fully saturated rings. The molecule has 1 aromatic carbocycles. The van der Waals surface area contributed by atoms with E-state index in [1.807, 2.05) is 6.92 Å². The number of amides is 1. The summed E-state index contributed by atoms with van der Waals surface area (Å²) in [5.41, 5.74) is 1.46. The van der Waals surface area contributed by atoms with E-state index < -0.39 is 0 Å². The van der Waals surface area contributed by atoms with Crippen LogP contribution in [0, 0.1) is 0 Å². The zero-order valence-electron chi connectivity index (χ0n) is 13.1. The Labute approximate surface area is 158 Å². The first-order valence-electron chi connectivity index (χ1n) is 7.40. The standard InChI is InChI=1S/C16H13Cl3N4O2/c1-2-23-14(12(19)7-21-23)8-20-16(24)13-6-15(25-22-13)10-4-3-9(17)5-11(10)18/h3-7H,2,8H2,1H3,(H,20,24). The molecular formula is C16H13Cl3N4O2. The Morgan fingerprint density at radius 2 is 2.04 bits per heavy atom. The van der Waals surface area contributed by atoms with E-state index in [2.05, 4.69) is 15.6 Å². The summed E-state index contributed by atoms with van der Waals surface area (Å²) < 4.78 is 6.93. The molecule has 0 aliphatic carbocycles. The van der Waals surface area contributed by atoms with Crippen LogP contribution < -0.4 is 5.32 Å². The predicted octanol–water partition coefficient (Wildman–Crippen LogP) is 4.45. The average Bonchev–Trinajstić information content (AvgIpc) is 3.19. The number of carbonyl (C=O) groups excluding carboxylic acids is 1. The monoisotopic (exact) mass is 398 g/mol. The lowest BCUT2D eigenvalue weighted by molar-refractivity contribution is 0.0941. The van der Waals surface area contributed by atoms with E-state index in [9.17, 15) is 4.79 Å². The number of aryl methyl sites for hydroxylation is 1. The van der Waals surface area contributed by atoms with Gasteiger partial charge in [0.15, 0.2) is 11.5 Å². The molecule has 2 aromatic heterocycles. The molecule has 0 bridgehead atoms. The van der Waals surface area contributed by atoms with Crippen LogP contribution in [0.3, 0.4) is 0 Å². The lowest BCUT2D eigenvalue weighted by Gasteiger charge is -2.06. The number of halogens is 3. The number of hydrogen-bond donors (Lipinski definition) is 1. The first-order valence-corrected chi connectivity index (χ1v) is 8.53. The zero-order chi connectivity index (χ0) is 18.0. The van der Waals surface area contributed by atoms with Crippen LogP contribution in [-0.2, 0) is 13.1 Å². The molecule has 2 heterocycles. The number of hydrogen-bond acceptors (Lipinski definition) is 4. The summed E-state index contributed by atoms with van der Waals surface area (Å²) in [6.07, 6.45) is 1.54. The molecule has 3 aromatic rings. The molecule has 0 saturated carbocycles. The third-order valence-corrected chi connectivity index (χ3v) is 4.42. The first-order chi connectivity index (χ1) is 12.0. The zero-order valence-corrected chi connectivity index (χ0v) is 15.4. The molecule has 0 spiro atoms. The molecule has 0 saturated heterocycles. The molecule has 3 rings (SSSR count). The molecule has 0 atom stereocenters. The molecule has 1 amide bonds. The van der Waals surface area contributed by atoms with Gasteiger partial charge in [-0.3, -0.25) is 9.48 Å². The summed E-state index contributed by atoms with van der Waals surface area (Å²) in [4.78, 5) is 12.3. The molecule has 25 heavy (non-hydrogen) atoms. The number of nitrogens with zero attached hydrogens (tertiary/aromatic N) is 3. The van der Waals surface area contributed by atoms with Crippen molar-refractivity contribution in [3.63, 3.8) is 0 Å². The highest BCUT2D eigenvalue weighted by molar-refractivity contribution is 6.36. The summed E-state index contributed by atoms with van der Waals surface area (Å²) >= 11 is 18.1. The van der Waals surface area contributed by atoms with Crippen molar-refractivity contribution < 1.29 is 9.32 Å². The van der Waals surface area contributed by atoms with E-state index in [-0.39, 0.29) is 18.1 Å². The molecule has 130 valence electrons. The highest BCUT2D eigenvalue weighted by Crippen LogP contribution is 2.30. The van der Waals surface area contributed by atoms with Gasteiger partial charge in [0.05, 0.1) is 28.5 Å². The highest BCUT2D eigenvalue weighted by atomic mass is 35.5. The second-order valence-electron chi connectivity index (χ2n) is 5.14. The number of rotatable bonds is 5. The SMILES string of the molecule is CCn1ncc(Cl)c1CNC(=O)c1cc(-c2ccc(Cl)cc2Cl)on1. The summed E-state index contributed by atoms with van der Waals surface area (Å²) in [6.45, 7) is 2.82. The minimum absolute atomic E-state index is 0.139. The Balaban J connectivity index is 1.73. The molecule has 6 nitrogen and oxygen atoms in total. The number of aromatic nitrogens is 3. The van der Waals surface area contributed by atoms with Gasteiger partial charge in [-0.15, -0.1) is 0 Å². The molecular weight excluding hydrogens is 387 g/mol. The fraction of sp³-hybridized carbons (Fsp3) is 0.188. The maximum Gasteiger partial charge on any atom is 0.273 e. The Hall–Kier alpha value is -2.02. The third-order valence-electron chi connectivity index (χ3n) is 3.55. The van der Waals surface area contributed by atoms with Crippen LogP contribution in [0.15, 0.2) is 35.0 Å². The molecule has 1 N–H and O–H groups in total. The Bertz CT molecular complexity index is 920. The Morgan fingerprint density at radius 3 is 2.76 bits per heavy atom. The van der Waals surface area contributed by atoms with Crippen molar-refractivity contribution in [2.75, 3.05) is 0 Å². The maximum absolute atomic E-state index is 12.3. The molecule has 0 aliphatic rings. The van der Waals surface area contributed by atoms with Crippen molar-refractivity contribution in [1.29, 1.82) is 0 Å². The van der Waals surface area contributed by atoms with Crippen LogP contribution in [0.5, 0.6) is 0 Å². The lowest BCUT2D eigenvalue weighted by Crippen LogP contribution is -2.24. The quantitative estimate of drug-likeness (QED) is 0.688. The van der Waals surface area contributed by atoms with Crippen molar-refractivity contribution in [1.82, 2.24) is 20.3 Å². The molecule has 0 unspecified atom stereocenters. The minimum Gasteiger partial charge on any atom is -0.355 e. The van der Waals surface area contributed by atoms with Crippen LogP contribution >= 0.6 is 34.8 Å². The van der Waals surface area contributed by atoms with Crippen LogP contribution in [0.4, 0.5) is 0 Å². The van der Waals surface area contributed by atoms with Crippen molar-refractivity contribution >= 4 is 40.7 Å². The van der Waals surface area contributed by atoms with Crippen molar-refractivity contribution in [2.45, 2.75) is 20.0 Å². The third kappa shape index (κ3) is 3.81. The van der Waals surface area contributed by atoms with Gasteiger partial charge in [0.1, 0.15) is 0 Å². The van der Waals surface area contributed by atoms with E-state index in [1.165, 1.54) is 6.07 Å².